The van der Waals surface area contributed by atoms with E-state index in [0.717, 1.165) is 24.5 Å². The minimum absolute atomic E-state index is 0.636. The fourth-order valence-electron chi connectivity index (χ4n) is 3.44. The summed E-state index contributed by atoms with van der Waals surface area (Å²) in [4.78, 5) is 2.49. The third-order valence-electron chi connectivity index (χ3n) is 4.76. The molecule has 1 aromatic carbocycles. The first-order valence-electron chi connectivity index (χ1n) is 8.44. The van der Waals surface area contributed by atoms with Crippen molar-refractivity contribution in [3.63, 3.8) is 0 Å². The average molecular weight is 331 g/mol. The van der Waals surface area contributed by atoms with Crippen LogP contribution in [-0.4, -0.2) is 37.3 Å². The molecule has 0 bridgehead atoms. The fourth-order valence-corrected chi connectivity index (χ4v) is 3.67. The zero-order valence-corrected chi connectivity index (χ0v) is 15.0. The molecule has 0 aliphatic carbocycles. The zero-order chi connectivity index (χ0) is 16.4. The molecule has 0 N–H and O–H groups in total. The van der Waals surface area contributed by atoms with Crippen molar-refractivity contribution in [1.82, 2.24) is 24.7 Å². The van der Waals surface area contributed by atoms with Crippen LogP contribution in [0.1, 0.15) is 43.7 Å². The lowest BCUT2D eigenvalue weighted by Gasteiger charge is -2.34. The normalized spacial score (nSPS) is 19.2. The Morgan fingerprint density at radius 1 is 1.22 bits per heavy atom. The quantitative estimate of drug-likeness (QED) is 0.802. The summed E-state index contributed by atoms with van der Waals surface area (Å²) >= 11 is 5.62. The molecule has 1 saturated heterocycles. The van der Waals surface area contributed by atoms with Crippen LogP contribution in [0.3, 0.4) is 0 Å². The zero-order valence-electron chi connectivity index (χ0n) is 14.2. The van der Waals surface area contributed by atoms with Crippen LogP contribution >= 0.6 is 12.2 Å². The van der Waals surface area contributed by atoms with Gasteiger partial charge in [-0.25, -0.2) is 4.68 Å². The molecule has 6 heteroatoms. The van der Waals surface area contributed by atoms with Crippen molar-refractivity contribution < 1.29 is 0 Å². The van der Waals surface area contributed by atoms with Gasteiger partial charge >= 0.3 is 0 Å². The van der Waals surface area contributed by atoms with Gasteiger partial charge in [-0.15, -0.1) is 0 Å². The molecule has 0 amide bonds. The van der Waals surface area contributed by atoms with Crippen molar-refractivity contribution in [1.29, 1.82) is 0 Å². The third kappa shape index (κ3) is 3.38. The van der Waals surface area contributed by atoms with Crippen LogP contribution < -0.4 is 0 Å². The van der Waals surface area contributed by atoms with Crippen molar-refractivity contribution in [2.75, 3.05) is 6.54 Å². The number of nitrogens with zero attached hydrogens (tertiary/aromatic N) is 5. The highest BCUT2D eigenvalue weighted by atomic mass is 32.1. The van der Waals surface area contributed by atoms with Crippen molar-refractivity contribution in [3.05, 3.63) is 34.1 Å². The minimum Gasteiger partial charge on any atom is -0.281 e. The number of piperidine rings is 1. The second-order valence-electron chi connectivity index (χ2n) is 6.47. The fraction of sp³-hybridized carbons (Fsp3) is 0.588. The van der Waals surface area contributed by atoms with E-state index in [2.05, 4.69) is 54.3 Å². The van der Waals surface area contributed by atoms with Crippen molar-refractivity contribution in [2.24, 2.45) is 0 Å². The highest BCUT2D eigenvalue weighted by molar-refractivity contribution is 7.71. The number of aromatic nitrogens is 4. The first kappa shape index (κ1) is 16.3. The van der Waals surface area contributed by atoms with Gasteiger partial charge in [0.2, 0.25) is 4.77 Å². The van der Waals surface area contributed by atoms with Crippen LogP contribution in [-0.2, 0) is 6.67 Å². The van der Waals surface area contributed by atoms with Crippen molar-refractivity contribution >= 4 is 12.2 Å². The number of benzene rings is 1. The van der Waals surface area contributed by atoms with Gasteiger partial charge in [0.05, 0.1) is 12.4 Å². The summed E-state index contributed by atoms with van der Waals surface area (Å²) in [6.07, 6.45) is 5.04. The summed E-state index contributed by atoms with van der Waals surface area (Å²) in [7, 11) is 0. The molecule has 1 atom stereocenters. The lowest BCUT2D eigenvalue weighted by atomic mass is 10.0. The van der Waals surface area contributed by atoms with Gasteiger partial charge in [-0.1, -0.05) is 31.0 Å². The van der Waals surface area contributed by atoms with Gasteiger partial charge in [-0.05, 0) is 67.4 Å². The van der Waals surface area contributed by atoms with Crippen molar-refractivity contribution in [2.45, 2.75) is 59.2 Å². The van der Waals surface area contributed by atoms with Gasteiger partial charge in [-0.3, -0.25) is 4.90 Å². The van der Waals surface area contributed by atoms with E-state index in [-0.39, 0.29) is 0 Å². The molecule has 0 saturated carbocycles. The molecule has 5 nitrogen and oxygen atoms in total. The Kier molecular flexibility index (Phi) is 4.92. The van der Waals surface area contributed by atoms with Gasteiger partial charge in [-0.2, -0.15) is 4.68 Å². The Bertz CT molecular complexity index is 733. The molecular formula is C17H25N5S. The third-order valence-corrected chi connectivity index (χ3v) is 5.14. The number of tetrazole rings is 1. The molecule has 0 unspecified atom stereocenters. The Morgan fingerprint density at radius 2 is 2.04 bits per heavy atom. The second-order valence-corrected chi connectivity index (χ2v) is 6.84. The van der Waals surface area contributed by atoms with E-state index in [1.54, 1.807) is 4.68 Å². The molecule has 1 fully saturated rings. The van der Waals surface area contributed by atoms with Gasteiger partial charge in [0.1, 0.15) is 0 Å². The van der Waals surface area contributed by atoms with Crippen LogP contribution in [0.15, 0.2) is 18.2 Å². The predicted octanol–water partition coefficient (Wildman–Crippen LogP) is 3.64. The summed E-state index contributed by atoms with van der Waals surface area (Å²) in [5.74, 6) is 0. The van der Waals surface area contributed by atoms with Crippen LogP contribution in [0.4, 0.5) is 0 Å². The second kappa shape index (κ2) is 6.93. The molecule has 0 radical (unpaired) electrons. The van der Waals surface area contributed by atoms with E-state index < -0.39 is 0 Å². The Labute approximate surface area is 142 Å². The molecule has 23 heavy (non-hydrogen) atoms. The number of aryl methyl sites for hydroxylation is 2. The van der Waals surface area contributed by atoms with E-state index in [1.165, 1.54) is 31.2 Å². The van der Waals surface area contributed by atoms with Gasteiger partial charge in [0.15, 0.2) is 0 Å². The maximum Gasteiger partial charge on any atom is 0.221 e. The van der Waals surface area contributed by atoms with E-state index in [1.807, 2.05) is 4.68 Å². The number of hydrogen-bond acceptors (Lipinski definition) is 4. The first-order chi connectivity index (χ1) is 11.1. The molecule has 1 aliphatic heterocycles. The lowest BCUT2D eigenvalue weighted by Crippen LogP contribution is -2.40. The largest absolute Gasteiger partial charge is 0.281 e. The van der Waals surface area contributed by atoms with E-state index in [9.17, 15) is 0 Å². The van der Waals surface area contributed by atoms with E-state index in [0.29, 0.717) is 10.8 Å². The minimum atomic E-state index is 0.636. The number of rotatable bonds is 4. The van der Waals surface area contributed by atoms with Gasteiger partial charge < -0.3 is 0 Å². The number of hydrogen-bond donors (Lipinski definition) is 0. The Morgan fingerprint density at radius 3 is 2.78 bits per heavy atom. The van der Waals surface area contributed by atoms with E-state index in [4.69, 9.17) is 12.2 Å². The average Bonchev–Trinajstić information content (AvgIpc) is 2.89. The molecule has 124 valence electrons. The van der Waals surface area contributed by atoms with Crippen LogP contribution in [0.5, 0.6) is 0 Å². The molecule has 1 aliphatic rings. The topological polar surface area (TPSA) is 38.9 Å². The molecular weight excluding hydrogens is 306 g/mol. The van der Waals surface area contributed by atoms with Crippen LogP contribution in [0, 0.1) is 18.6 Å². The summed E-state index contributed by atoms with van der Waals surface area (Å²) in [6.45, 7) is 8.29. The standard InChI is InChI=1S/C17H25N5S/c1-4-15-7-5-6-10-20(15)12-21-17(23)22(19-18-21)16-9-8-13(2)11-14(16)3/h8-9,11,15H,4-7,10,12H2,1-3H3/t15-/m0/s1. The summed E-state index contributed by atoms with van der Waals surface area (Å²) in [5.41, 5.74) is 3.42. The van der Waals surface area contributed by atoms with Crippen molar-refractivity contribution in [3.8, 4) is 5.69 Å². The highest BCUT2D eigenvalue weighted by Crippen LogP contribution is 2.20. The molecule has 1 aromatic heterocycles. The smallest absolute Gasteiger partial charge is 0.221 e. The number of likely N-dealkylation sites (tertiary alicyclic amines) is 1. The summed E-state index contributed by atoms with van der Waals surface area (Å²) in [5, 5.41) is 8.59. The molecule has 2 aromatic rings. The first-order valence-corrected chi connectivity index (χ1v) is 8.85. The highest BCUT2D eigenvalue weighted by Gasteiger charge is 2.22. The van der Waals surface area contributed by atoms with Gasteiger partial charge in [0, 0.05) is 12.6 Å². The molecule has 3 rings (SSSR count). The lowest BCUT2D eigenvalue weighted by molar-refractivity contribution is 0.0996. The van der Waals surface area contributed by atoms with Crippen LogP contribution in [0.2, 0.25) is 0 Å². The monoisotopic (exact) mass is 331 g/mol. The van der Waals surface area contributed by atoms with Crippen LogP contribution in [0.25, 0.3) is 5.69 Å². The SMILES string of the molecule is CC[C@H]1CCCCN1Cn1nnn(-c2ccc(C)cc2C)c1=S. The van der Waals surface area contributed by atoms with Gasteiger partial charge in [0.25, 0.3) is 0 Å². The summed E-state index contributed by atoms with van der Waals surface area (Å²) < 4.78 is 4.29. The van der Waals surface area contributed by atoms with E-state index >= 15 is 0 Å². The Balaban J connectivity index is 1.86. The Hall–Kier alpha value is -1.53. The molecule has 2 heterocycles. The predicted molar refractivity (Wildman–Crippen MR) is 94.3 cm³/mol. The molecule has 0 spiro atoms. The maximum absolute atomic E-state index is 5.62. The summed E-state index contributed by atoms with van der Waals surface area (Å²) in [6, 6.07) is 6.93. The maximum atomic E-state index is 5.62.